The number of amides is 3. The Labute approximate surface area is 287 Å². The molecule has 0 radical (unpaired) electrons. The Balaban J connectivity index is 1.10. The van der Waals surface area contributed by atoms with Crippen molar-refractivity contribution in [1.29, 1.82) is 0 Å². The largest absolute Gasteiger partial charge is 0.445 e. The number of halogens is 2. The van der Waals surface area contributed by atoms with Crippen molar-refractivity contribution in [2.45, 2.75) is 77.2 Å². The Bertz CT molecular complexity index is 1820. The van der Waals surface area contributed by atoms with E-state index < -0.39 is 35.8 Å². The fraction of sp³-hybridized carbons (Fsp3) is 0.471. The molecule has 0 aliphatic carbocycles. The van der Waals surface area contributed by atoms with Gasteiger partial charge in [-0.3, -0.25) is 9.48 Å². The first kappa shape index (κ1) is 34.6. The number of ether oxygens (including phenoxy) is 2. The molecule has 0 spiro atoms. The summed E-state index contributed by atoms with van der Waals surface area (Å²) in [4.78, 5) is 46.7. The molecule has 1 atom stereocenters. The van der Waals surface area contributed by atoms with E-state index in [0.29, 0.717) is 44.8 Å². The number of piperidine rings is 2. The third kappa shape index (κ3) is 8.29. The fourth-order valence-electron chi connectivity index (χ4n) is 6.14. The van der Waals surface area contributed by atoms with Crippen LogP contribution in [0.3, 0.4) is 0 Å². The minimum Gasteiger partial charge on any atom is -0.445 e. The van der Waals surface area contributed by atoms with Gasteiger partial charge >= 0.3 is 12.2 Å². The van der Waals surface area contributed by atoms with Crippen molar-refractivity contribution in [2.24, 2.45) is 0 Å². The molecule has 0 unspecified atom stereocenters. The zero-order valence-corrected chi connectivity index (χ0v) is 28.2. The molecule has 2 saturated heterocycles. The Morgan fingerprint density at radius 3 is 2.52 bits per heavy atom. The Hall–Kier alpha value is -5.28. The van der Waals surface area contributed by atoms with E-state index in [1.807, 2.05) is 35.2 Å². The third-order valence-corrected chi connectivity index (χ3v) is 8.58. The lowest BCUT2D eigenvalue weighted by atomic mass is 10.1. The third-order valence-electron chi connectivity index (χ3n) is 8.58. The topological polar surface area (TPSA) is 148 Å². The van der Waals surface area contributed by atoms with Gasteiger partial charge in [0.2, 0.25) is 0 Å². The standard InChI is InChI=1S/C34H41F2N9O5/c1-34(2,3)50-32(47)38-23-10-7-14-43(19-23)27-13-17-44-30(40-27)25(18-37-44)31(46)39-26-20-45(41-28(26)29(35)36)24-11-15-42(16-12-24)33(48)49-21-22-8-5-4-6-9-22/h4-6,8-9,13,17-18,20,23-24,29H,7,10-12,14-16,19,21H2,1-3H3,(H,38,47)(H,39,46)/t23-/m0/s1. The van der Waals surface area contributed by atoms with Crippen LogP contribution in [-0.2, 0) is 16.1 Å². The molecule has 14 nitrogen and oxygen atoms in total. The smallest absolute Gasteiger partial charge is 0.410 e. The predicted molar refractivity (Wildman–Crippen MR) is 179 cm³/mol. The van der Waals surface area contributed by atoms with Crippen molar-refractivity contribution in [3.05, 3.63) is 71.8 Å². The summed E-state index contributed by atoms with van der Waals surface area (Å²) in [5.74, 6) is -0.0793. The first-order valence-electron chi connectivity index (χ1n) is 16.7. The average molecular weight is 694 g/mol. The highest BCUT2D eigenvalue weighted by Crippen LogP contribution is 2.31. The maximum absolute atomic E-state index is 14.1. The highest BCUT2D eigenvalue weighted by molar-refractivity contribution is 6.08. The zero-order chi connectivity index (χ0) is 35.4. The van der Waals surface area contributed by atoms with Crippen LogP contribution in [0.4, 0.5) is 29.9 Å². The van der Waals surface area contributed by atoms with Gasteiger partial charge in [-0.1, -0.05) is 30.3 Å². The molecule has 1 aromatic carbocycles. The van der Waals surface area contributed by atoms with Gasteiger partial charge in [0, 0.05) is 44.6 Å². The molecule has 266 valence electrons. The molecular weight excluding hydrogens is 652 g/mol. The van der Waals surface area contributed by atoms with E-state index in [-0.39, 0.29) is 35.6 Å². The summed E-state index contributed by atoms with van der Waals surface area (Å²) in [7, 11) is 0. The van der Waals surface area contributed by atoms with Crippen LogP contribution < -0.4 is 15.5 Å². The molecule has 2 aliphatic rings. The molecule has 16 heteroatoms. The summed E-state index contributed by atoms with van der Waals surface area (Å²) in [5.41, 5.74) is -0.0483. The maximum Gasteiger partial charge on any atom is 0.410 e. The van der Waals surface area contributed by atoms with Crippen LogP contribution in [-0.4, -0.2) is 85.2 Å². The van der Waals surface area contributed by atoms with E-state index in [2.05, 4.69) is 20.8 Å². The number of nitrogens with one attached hydrogen (secondary N) is 2. The van der Waals surface area contributed by atoms with Crippen LogP contribution in [0, 0.1) is 0 Å². The van der Waals surface area contributed by atoms with Gasteiger partial charge in [-0.2, -0.15) is 10.2 Å². The van der Waals surface area contributed by atoms with Gasteiger partial charge in [-0.05, 0) is 58.1 Å². The molecule has 3 amide bonds. The van der Waals surface area contributed by atoms with Gasteiger partial charge < -0.3 is 29.9 Å². The lowest BCUT2D eigenvalue weighted by molar-refractivity contribution is 0.0499. The Morgan fingerprint density at radius 2 is 1.80 bits per heavy atom. The van der Waals surface area contributed by atoms with Gasteiger partial charge in [0.1, 0.15) is 23.6 Å². The molecule has 50 heavy (non-hydrogen) atoms. The number of nitrogens with zero attached hydrogens (tertiary/aromatic N) is 7. The Morgan fingerprint density at radius 1 is 1.04 bits per heavy atom. The second kappa shape index (κ2) is 14.7. The van der Waals surface area contributed by atoms with Gasteiger partial charge in [-0.25, -0.2) is 27.9 Å². The normalized spacial score (nSPS) is 17.2. The average Bonchev–Trinajstić information content (AvgIpc) is 3.71. The van der Waals surface area contributed by atoms with Crippen LogP contribution in [0.1, 0.15) is 80.5 Å². The molecule has 6 rings (SSSR count). The SMILES string of the molecule is CC(C)(C)OC(=O)N[C@H]1CCCN(c2ccn3ncc(C(=O)Nc4cn(C5CCN(C(=O)OCc6ccccc6)CC5)nc4C(F)F)c3n2)C1. The number of likely N-dealkylation sites (tertiary alicyclic amines) is 1. The molecule has 2 N–H and O–H groups in total. The van der Waals surface area contributed by atoms with Gasteiger partial charge in [-0.15, -0.1) is 0 Å². The number of alkyl halides is 2. The number of rotatable bonds is 8. The number of hydrogen-bond acceptors (Lipinski definition) is 9. The van der Waals surface area contributed by atoms with Gasteiger partial charge in [0.15, 0.2) is 11.3 Å². The first-order valence-corrected chi connectivity index (χ1v) is 16.7. The summed E-state index contributed by atoms with van der Waals surface area (Å²) in [6.07, 6.45) is 3.09. The molecule has 0 saturated carbocycles. The zero-order valence-electron chi connectivity index (χ0n) is 28.2. The number of fused-ring (bicyclic) bond motifs is 1. The van der Waals surface area contributed by atoms with E-state index in [9.17, 15) is 23.2 Å². The monoisotopic (exact) mass is 693 g/mol. The molecule has 2 aliphatic heterocycles. The minimum atomic E-state index is -2.94. The minimum absolute atomic E-state index is 0.0996. The molecule has 3 aromatic heterocycles. The van der Waals surface area contributed by atoms with E-state index in [1.54, 1.807) is 37.9 Å². The number of carbonyl (C=O) groups excluding carboxylic acids is 3. The second-order valence-corrected chi connectivity index (χ2v) is 13.5. The predicted octanol–water partition coefficient (Wildman–Crippen LogP) is 5.58. The lowest BCUT2D eigenvalue weighted by Crippen LogP contribution is -2.49. The fourth-order valence-corrected chi connectivity index (χ4v) is 6.14. The highest BCUT2D eigenvalue weighted by atomic mass is 19.3. The number of aromatic nitrogens is 5. The van der Waals surface area contributed by atoms with Crippen LogP contribution in [0.25, 0.3) is 5.65 Å². The molecule has 4 aromatic rings. The van der Waals surface area contributed by atoms with Crippen molar-refractivity contribution in [1.82, 2.24) is 34.6 Å². The van der Waals surface area contributed by atoms with Crippen LogP contribution in [0.2, 0.25) is 0 Å². The van der Waals surface area contributed by atoms with Crippen LogP contribution >= 0.6 is 0 Å². The van der Waals surface area contributed by atoms with Crippen molar-refractivity contribution in [3.63, 3.8) is 0 Å². The van der Waals surface area contributed by atoms with Crippen molar-refractivity contribution in [2.75, 3.05) is 36.4 Å². The van der Waals surface area contributed by atoms with Gasteiger partial charge in [0.25, 0.3) is 12.3 Å². The summed E-state index contributed by atoms with van der Waals surface area (Å²) in [5, 5.41) is 13.9. The second-order valence-electron chi connectivity index (χ2n) is 13.5. The summed E-state index contributed by atoms with van der Waals surface area (Å²) >= 11 is 0. The number of alkyl carbamates (subject to hydrolysis) is 1. The summed E-state index contributed by atoms with van der Waals surface area (Å²) in [6.45, 7) is 7.49. The quantitative estimate of drug-likeness (QED) is 0.241. The summed E-state index contributed by atoms with van der Waals surface area (Å²) in [6, 6.07) is 10.7. The molecular formula is C34H41F2N9O5. The molecule has 2 fully saturated rings. The maximum atomic E-state index is 14.1. The Kier molecular flexibility index (Phi) is 10.2. The highest BCUT2D eigenvalue weighted by Gasteiger charge is 2.30. The van der Waals surface area contributed by atoms with Crippen LogP contribution in [0.5, 0.6) is 0 Å². The van der Waals surface area contributed by atoms with E-state index >= 15 is 0 Å². The van der Waals surface area contributed by atoms with E-state index in [0.717, 1.165) is 18.4 Å². The van der Waals surface area contributed by atoms with E-state index in [4.69, 9.17) is 14.5 Å². The lowest BCUT2D eigenvalue weighted by Gasteiger charge is -2.34. The van der Waals surface area contributed by atoms with Crippen molar-refractivity contribution in [3.8, 4) is 0 Å². The molecule has 5 heterocycles. The van der Waals surface area contributed by atoms with Gasteiger partial charge in [0.05, 0.1) is 17.9 Å². The molecule has 0 bridgehead atoms. The van der Waals surface area contributed by atoms with Crippen LogP contribution in [0.15, 0.2) is 55.0 Å². The number of benzene rings is 1. The summed E-state index contributed by atoms with van der Waals surface area (Å²) < 4.78 is 42.0. The number of anilines is 2. The first-order chi connectivity index (χ1) is 23.9. The number of carbonyl (C=O) groups is 3. The number of hydrogen-bond donors (Lipinski definition) is 2. The van der Waals surface area contributed by atoms with Crippen molar-refractivity contribution >= 4 is 35.2 Å². The van der Waals surface area contributed by atoms with Crippen molar-refractivity contribution < 1.29 is 32.6 Å². The van der Waals surface area contributed by atoms with E-state index in [1.165, 1.54) is 21.6 Å².